The van der Waals surface area contributed by atoms with Crippen LogP contribution in [-0.2, 0) is 9.53 Å². The number of ether oxygens (including phenoxy) is 1. The average Bonchev–Trinajstić information content (AvgIpc) is 2.92. The highest BCUT2D eigenvalue weighted by Gasteiger charge is 2.35. The van der Waals surface area contributed by atoms with Gasteiger partial charge in [-0.1, -0.05) is 44.8 Å². The third-order valence-electron chi connectivity index (χ3n) is 4.45. The quantitative estimate of drug-likeness (QED) is 0.319. The molecule has 0 aromatic heterocycles. The van der Waals surface area contributed by atoms with Crippen molar-refractivity contribution in [3.63, 3.8) is 0 Å². The van der Waals surface area contributed by atoms with Crippen molar-refractivity contribution < 1.29 is 30.0 Å². The lowest BCUT2D eigenvalue weighted by atomic mass is 10.0. The SMILES string of the molecule is CC[C@H](O)[C@@H]1C[C@@H](O)[C@@H](/C=C/[C@@H](O)CCCCCCCC(=O)O)O1. The topological polar surface area (TPSA) is 107 Å². The normalized spacial score (nSPS) is 26.8. The highest BCUT2D eigenvalue weighted by Crippen LogP contribution is 2.25. The van der Waals surface area contributed by atoms with Crippen LogP contribution in [0.2, 0.25) is 0 Å². The van der Waals surface area contributed by atoms with Gasteiger partial charge < -0.3 is 25.2 Å². The van der Waals surface area contributed by atoms with Gasteiger partial charge in [0.05, 0.1) is 24.4 Å². The van der Waals surface area contributed by atoms with Crippen LogP contribution in [0.25, 0.3) is 0 Å². The van der Waals surface area contributed by atoms with Crippen LogP contribution in [0.4, 0.5) is 0 Å². The molecular weight excluding hydrogens is 312 g/mol. The van der Waals surface area contributed by atoms with E-state index >= 15 is 0 Å². The van der Waals surface area contributed by atoms with E-state index in [1.165, 1.54) is 0 Å². The number of aliphatic hydroxyl groups excluding tert-OH is 3. The monoisotopic (exact) mass is 344 g/mol. The lowest BCUT2D eigenvalue weighted by Gasteiger charge is -2.16. The largest absolute Gasteiger partial charge is 0.481 e. The first-order valence-corrected chi connectivity index (χ1v) is 9.03. The molecule has 1 aliphatic heterocycles. The van der Waals surface area contributed by atoms with E-state index in [1.54, 1.807) is 12.2 Å². The summed E-state index contributed by atoms with van der Waals surface area (Å²) in [6.07, 6.45) is 7.04. The Bertz CT molecular complexity index is 384. The fourth-order valence-electron chi connectivity index (χ4n) is 2.90. The molecule has 0 bridgehead atoms. The van der Waals surface area contributed by atoms with Gasteiger partial charge in [0.15, 0.2) is 0 Å². The Morgan fingerprint density at radius 2 is 1.88 bits per heavy atom. The third kappa shape index (κ3) is 8.24. The molecule has 5 atom stereocenters. The molecule has 140 valence electrons. The number of carboxylic acids is 1. The van der Waals surface area contributed by atoms with E-state index in [-0.39, 0.29) is 12.5 Å². The average molecular weight is 344 g/mol. The van der Waals surface area contributed by atoms with Crippen LogP contribution < -0.4 is 0 Å². The van der Waals surface area contributed by atoms with Gasteiger partial charge in [0, 0.05) is 12.8 Å². The number of aliphatic hydroxyl groups is 3. The van der Waals surface area contributed by atoms with Crippen molar-refractivity contribution in [1.82, 2.24) is 0 Å². The van der Waals surface area contributed by atoms with Crippen molar-refractivity contribution in [3.05, 3.63) is 12.2 Å². The van der Waals surface area contributed by atoms with E-state index in [4.69, 9.17) is 9.84 Å². The van der Waals surface area contributed by atoms with Crippen molar-refractivity contribution >= 4 is 5.97 Å². The van der Waals surface area contributed by atoms with Crippen molar-refractivity contribution in [2.24, 2.45) is 0 Å². The molecule has 0 amide bonds. The minimum atomic E-state index is -0.749. The summed E-state index contributed by atoms with van der Waals surface area (Å²) >= 11 is 0. The van der Waals surface area contributed by atoms with Gasteiger partial charge in [0.25, 0.3) is 0 Å². The third-order valence-corrected chi connectivity index (χ3v) is 4.45. The molecule has 6 nitrogen and oxygen atoms in total. The lowest BCUT2D eigenvalue weighted by molar-refractivity contribution is -0.137. The van der Waals surface area contributed by atoms with Gasteiger partial charge in [-0.3, -0.25) is 4.79 Å². The van der Waals surface area contributed by atoms with Gasteiger partial charge in [-0.15, -0.1) is 0 Å². The summed E-state index contributed by atoms with van der Waals surface area (Å²) in [7, 11) is 0. The molecule has 1 aliphatic rings. The number of hydrogen-bond acceptors (Lipinski definition) is 5. The molecule has 0 aromatic carbocycles. The Morgan fingerprint density at radius 1 is 1.21 bits per heavy atom. The molecule has 1 fully saturated rings. The Hall–Kier alpha value is -0.950. The second-order valence-corrected chi connectivity index (χ2v) is 6.57. The van der Waals surface area contributed by atoms with Gasteiger partial charge in [0.2, 0.25) is 0 Å². The summed E-state index contributed by atoms with van der Waals surface area (Å²) in [5.74, 6) is -0.749. The summed E-state index contributed by atoms with van der Waals surface area (Å²) < 4.78 is 5.62. The maximum atomic E-state index is 10.4. The van der Waals surface area contributed by atoms with Crippen molar-refractivity contribution in [2.45, 2.75) is 95.2 Å². The molecule has 0 aliphatic carbocycles. The lowest BCUT2D eigenvalue weighted by Crippen LogP contribution is -2.25. The van der Waals surface area contributed by atoms with Crippen LogP contribution in [0.3, 0.4) is 0 Å². The summed E-state index contributed by atoms with van der Waals surface area (Å²) in [6.45, 7) is 1.87. The Kier molecular flexibility index (Phi) is 10.2. The van der Waals surface area contributed by atoms with Crippen molar-refractivity contribution in [3.8, 4) is 0 Å². The highest BCUT2D eigenvalue weighted by atomic mass is 16.5. The number of carbonyl (C=O) groups is 1. The molecule has 0 unspecified atom stereocenters. The van der Waals surface area contributed by atoms with Crippen LogP contribution in [0.15, 0.2) is 12.2 Å². The molecular formula is C18H32O6. The Morgan fingerprint density at radius 3 is 2.54 bits per heavy atom. The minimum absolute atomic E-state index is 0.225. The number of unbranched alkanes of at least 4 members (excludes halogenated alkanes) is 4. The zero-order chi connectivity index (χ0) is 17.9. The van der Waals surface area contributed by atoms with Crippen LogP contribution in [-0.4, -0.2) is 56.9 Å². The molecule has 1 heterocycles. The van der Waals surface area contributed by atoms with E-state index in [1.807, 2.05) is 6.92 Å². The fraction of sp³-hybridized carbons (Fsp3) is 0.833. The molecule has 0 radical (unpaired) electrons. The van der Waals surface area contributed by atoms with E-state index in [0.717, 1.165) is 25.7 Å². The summed E-state index contributed by atoms with van der Waals surface area (Å²) in [5.41, 5.74) is 0. The summed E-state index contributed by atoms with van der Waals surface area (Å²) in [4.78, 5) is 10.4. The second kappa shape index (κ2) is 11.6. The van der Waals surface area contributed by atoms with Gasteiger partial charge in [-0.2, -0.15) is 0 Å². The first-order chi connectivity index (χ1) is 11.4. The first-order valence-electron chi connectivity index (χ1n) is 9.03. The smallest absolute Gasteiger partial charge is 0.303 e. The van der Waals surface area contributed by atoms with Crippen molar-refractivity contribution in [2.75, 3.05) is 0 Å². The van der Waals surface area contributed by atoms with Crippen LogP contribution in [0.5, 0.6) is 0 Å². The first kappa shape index (κ1) is 21.1. The zero-order valence-electron chi connectivity index (χ0n) is 14.5. The van der Waals surface area contributed by atoms with E-state index in [9.17, 15) is 20.1 Å². The maximum absolute atomic E-state index is 10.4. The van der Waals surface area contributed by atoms with Crippen LogP contribution in [0, 0.1) is 0 Å². The predicted molar refractivity (Wildman–Crippen MR) is 90.7 cm³/mol. The van der Waals surface area contributed by atoms with Gasteiger partial charge in [0.1, 0.15) is 6.10 Å². The summed E-state index contributed by atoms with van der Waals surface area (Å²) in [5, 5.41) is 38.2. The maximum Gasteiger partial charge on any atom is 0.303 e. The standard InChI is InChI=1S/C18H32O6/c1-2-14(20)17-12-15(21)16(24-17)11-10-13(19)8-6-4-3-5-7-9-18(22)23/h10-11,13-17,19-21H,2-9,12H2,1H3,(H,22,23)/b11-10+/t13-,14-,15+,16+,17-/m0/s1. The number of rotatable bonds is 12. The number of aliphatic carboxylic acids is 1. The number of hydrogen-bond donors (Lipinski definition) is 4. The van der Waals surface area contributed by atoms with E-state index in [2.05, 4.69) is 0 Å². The van der Waals surface area contributed by atoms with E-state index in [0.29, 0.717) is 25.7 Å². The van der Waals surface area contributed by atoms with Crippen LogP contribution in [0.1, 0.15) is 64.7 Å². The second-order valence-electron chi connectivity index (χ2n) is 6.57. The molecule has 0 saturated carbocycles. The van der Waals surface area contributed by atoms with Gasteiger partial charge in [-0.05, 0) is 19.3 Å². The molecule has 1 rings (SSSR count). The highest BCUT2D eigenvalue weighted by molar-refractivity contribution is 5.66. The number of carboxylic acid groups (broad SMARTS) is 1. The molecule has 0 spiro atoms. The summed E-state index contributed by atoms with van der Waals surface area (Å²) in [6, 6.07) is 0. The predicted octanol–water partition coefficient (Wildman–Crippen LogP) is 2.01. The molecule has 4 N–H and O–H groups in total. The molecule has 0 aromatic rings. The fourth-order valence-corrected chi connectivity index (χ4v) is 2.90. The van der Waals surface area contributed by atoms with E-state index < -0.39 is 30.4 Å². The van der Waals surface area contributed by atoms with Gasteiger partial charge >= 0.3 is 5.97 Å². The van der Waals surface area contributed by atoms with Crippen LogP contribution >= 0.6 is 0 Å². The molecule has 24 heavy (non-hydrogen) atoms. The minimum Gasteiger partial charge on any atom is -0.481 e. The molecule has 6 heteroatoms. The van der Waals surface area contributed by atoms with Crippen molar-refractivity contribution in [1.29, 1.82) is 0 Å². The zero-order valence-corrected chi connectivity index (χ0v) is 14.5. The molecule has 1 saturated heterocycles. The van der Waals surface area contributed by atoms with Gasteiger partial charge in [-0.25, -0.2) is 0 Å². The Balaban J connectivity index is 2.15. The Labute approximate surface area is 144 Å².